The zero-order valence-corrected chi connectivity index (χ0v) is 13.1. The van der Waals surface area contributed by atoms with Gasteiger partial charge >= 0.3 is 0 Å². The van der Waals surface area contributed by atoms with Crippen molar-refractivity contribution in [2.75, 3.05) is 19.0 Å². The lowest BCUT2D eigenvalue weighted by molar-refractivity contribution is 0.413. The van der Waals surface area contributed by atoms with Gasteiger partial charge in [-0.2, -0.15) is 0 Å². The molecule has 0 atom stereocenters. The molecular weight excluding hydrogens is 264 g/mol. The molecule has 21 heavy (non-hydrogen) atoms. The summed E-state index contributed by atoms with van der Waals surface area (Å²) in [5, 5.41) is 3.38. The quantitative estimate of drug-likeness (QED) is 0.880. The minimum atomic E-state index is 0.312. The number of nitrogens with one attached hydrogen (secondary N) is 1. The summed E-state index contributed by atoms with van der Waals surface area (Å²) in [6.07, 6.45) is 6.15. The summed E-state index contributed by atoms with van der Waals surface area (Å²) in [5.41, 5.74) is 2.96. The highest BCUT2D eigenvalue weighted by molar-refractivity contribution is 5.69. The van der Waals surface area contributed by atoms with E-state index in [1.807, 2.05) is 6.07 Å². The van der Waals surface area contributed by atoms with Crippen LogP contribution in [0, 0.1) is 0 Å². The van der Waals surface area contributed by atoms with Crippen LogP contribution >= 0.6 is 0 Å². The zero-order valence-electron chi connectivity index (χ0n) is 13.1. The number of hydrogen-bond donors (Lipinski definition) is 1. The van der Waals surface area contributed by atoms with Crippen LogP contribution < -0.4 is 10.1 Å². The molecule has 1 N–H and O–H groups in total. The molecule has 0 saturated carbocycles. The van der Waals surface area contributed by atoms with E-state index in [2.05, 4.69) is 41.0 Å². The van der Waals surface area contributed by atoms with E-state index in [1.165, 1.54) is 0 Å². The molecule has 0 aromatic carbocycles. The Morgan fingerprint density at radius 3 is 2.71 bits per heavy atom. The van der Waals surface area contributed by atoms with Crippen LogP contribution in [0.25, 0.3) is 11.3 Å². The van der Waals surface area contributed by atoms with Crippen molar-refractivity contribution >= 4 is 5.82 Å². The van der Waals surface area contributed by atoms with Gasteiger partial charge in [-0.3, -0.25) is 4.98 Å². The van der Waals surface area contributed by atoms with Crippen LogP contribution in [0.15, 0.2) is 24.8 Å². The normalized spacial score (nSPS) is 10.7. The second-order valence-electron chi connectivity index (χ2n) is 5.18. The van der Waals surface area contributed by atoms with Gasteiger partial charge in [0.2, 0.25) is 0 Å². The molecule has 2 aromatic rings. The molecule has 0 saturated heterocycles. The van der Waals surface area contributed by atoms with Crippen molar-refractivity contribution in [1.29, 1.82) is 0 Å². The van der Waals surface area contributed by atoms with E-state index in [1.54, 1.807) is 25.8 Å². The van der Waals surface area contributed by atoms with E-state index in [4.69, 9.17) is 4.74 Å². The Kier molecular flexibility index (Phi) is 5.09. The van der Waals surface area contributed by atoms with E-state index in [0.29, 0.717) is 5.92 Å². The Morgan fingerprint density at radius 2 is 2.05 bits per heavy atom. The molecule has 2 heterocycles. The summed E-state index contributed by atoms with van der Waals surface area (Å²) in [7, 11) is 1.64. The first kappa shape index (κ1) is 15.2. The molecule has 2 rings (SSSR count). The van der Waals surface area contributed by atoms with Crippen molar-refractivity contribution in [2.24, 2.45) is 0 Å². The summed E-state index contributed by atoms with van der Waals surface area (Å²) in [4.78, 5) is 13.1. The Bertz CT molecular complexity index is 599. The smallest absolute Gasteiger partial charge is 0.137 e. The predicted molar refractivity (Wildman–Crippen MR) is 84.7 cm³/mol. The van der Waals surface area contributed by atoms with Gasteiger partial charge in [-0.05, 0) is 18.4 Å². The van der Waals surface area contributed by atoms with E-state index in [-0.39, 0.29) is 0 Å². The number of ether oxygens (including phenoxy) is 1. The standard InChI is InChI=1S/C16H22N4O/c1-5-6-18-16-14(11(2)3)15(19-10-20-16)12-7-13(21-4)9-17-8-12/h7-11H,5-6H2,1-4H3,(H,18,19,20). The van der Waals surface area contributed by atoms with Crippen LogP contribution in [0.4, 0.5) is 5.82 Å². The Balaban J connectivity index is 2.51. The molecule has 112 valence electrons. The van der Waals surface area contributed by atoms with Gasteiger partial charge in [-0.25, -0.2) is 9.97 Å². The number of aromatic nitrogens is 3. The van der Waals surface area contributed by atoms with E-state index >= 15 is 0 Å². The van der Waals surface area contributed by atoms with E-state index < -0.39 is 0 Å². The zero-order chi connectivity index (χ0) is 15.2. The van der Waals surface area contributed by atoms with Crippen LogP contribution in [0.5, 0.6) is 5.75 Å². The molecule has 0 aliphatic rings. The van der Waals surface area contributed by atoms with Gasteiger partial charge in [0.1, 0.15) is 17.9 Å². The lowest BCUT2D eigenvalue weighted by Gasteiger charge is -2.17. The lowest BCUT2D eigenvalue weighted by Crippen LogP contribution is -2.09. The molecule has 5 nitrogen and oxygen atoms in total. The Morgan fingerprint density at radius 1 is 1.24 bits per heavy atom. The summed E-state index contributed by atoms with van der Waals surface area (Å²) >= 11 is 0. The average molecular weight is 286 g/mol. The largest absolute Gasteiger partial charge is 0.495 e. The fourth-order valence-electron chi connectivity index (χ4n) is 2.22. The van der Waals surface area contributed by atoms with Gasteiger partial charge in [0, 0.05) is 23.9 Å². The third-order valence-electron chi connectivity index (χ3n) is 3.23. The molecule has 0 aliphatic carbocycles. The number of rotatable bonds is 6. The van der Waals surface area contributed by atoms with Crippen molar-refractivity contribution < 1.29 is 4.74 Å². The van der Waals surface area contributed by atoms with Gasteiger partial charge in [0.15, 0.2) is 0 Å². The minimum absolute atomic E-state index is 0.312. The lowest BCUT2D eigenvalue weighted by atomic mass is 9.98. The van der Waals surface area contributed by atoms with Gasteiger partial charge in [0.05, 0.1) is 19.0 Å². The molecule has 5 heteroatoms. The van der Waals surface area contributed by atoms with Gasteiger partial charge in [-0.1, -0.05) is 20.8 Å². The van der Waals surface area contributed by atoms with Crippen molar-refractivity contribution in [3.63, 3.8) is 0 Å². The van der Waals surface area contributed by atoms with Gasteiger partial charge in [0.25, 0.3) is 0 Å². The third kappa shape index (κ3) is 3.48. The first-order valence-corrected chi connectivity index (χ1v) is 7.25. The number of methoxy groups -OCH3 is 1. The maximum atomic E-state index is 5.25. The molecule has 0 bridgehead atoms. The number of nitrogens with zero attached hydrogens (tertiary/aromatic N) is 3. The van der Waals surface area contributed by atoms with Crippen molar-refractivity contribution in [3.8, 4) is 17.0 Å². The SMILES string of the molecule is CCCNc1ncnc(-c2cncc(OC)c2)c1C(C)C. The first-order chi connectivity index (χ1) is 10.2. The molecular formula is C16H22N4O. The van der Waals surface area contributed by atoms with Crippen LogP contribution in [0.1, 0.15) is 38.7 Å². The van der Waals surface area contributed by atoms with Gasteiger partial charge < -0.3 is 10.1 Å². The summed E-state index contributed by atoms with van der Waals surface area (Å²) in [6, 6.07) is 1.95. The van der Waals surface area contributed by atoms with Crippen LogP contribution in [0.3, 0.4) is 0 Å². The maximum absolute atomic E-state index is 5.25. The number of pyridine rings is 1. The molecule has 0 fully saturated rings. The fourth-order valence-corrected chi connectivity index (χ4v) is 2.22. The molecule has 0 aliphatic heterocycles. The van der Waals surface area contributed by atoms with Crippen LogP contribution in [-0.4, -0.2) is 28.6 Å². The second-order valence-corrected chi connectivity index (χ2v) is 5.18. The number of anilines is 1. The monoisotopic (exact) mass is 286 g/mol. The summed E-state index contributed by atoms with van der Waals surface area (Å²) < 4.78 is 5.25. The first-order valence-electron chi connectivity index (χ1n) is 7.25. The Hall–Kier alpha value is -2.17. The molecule has 0 amide bonds. The Labute approximate surface area is 125 Å². The number of hydrogen-bond acceptors (Lipinski definition) is 5. The molecule has 0 unspecified atom stereocenters. The van der Waals surface area contributed by atoms with E-state index in [9.17, 15) is 0 Å². The van der Waals surface area contributed by atoms with Crippen molar-refractivity contribution in [1.82, 2.24) is 15.0 Å². The van der Waals surface area contributed by atoms with Gasteiger partial charge in [-0.15, -0.1) is 0 Å². The molecule has 2 aromatic heterocycles. The highest BCUT2D eigenvalue weighted by Gasteiger charge is 2.16. The van der Waals surface area contributed by atoms with E-state index in [0.717, 1.165) is 41.4 Å². The van der Waals surface area contributed by atoms with Crippen LogP contribution in [-0.2, 0) is 0 Å². The highest BCUT2D eigenvalue weighted by Crippen LogP contribution is 2.32. The third-order valence-corrected chi connectivity index (χ3v) is 3.23. The summed E-state index contributed by atoms with van der Waals surface area (Å²) in [5.74, 6) is 1.94. The molecule has 0 spiro atoms. The van der Waals surface area contributed by atoms with Crippen LogP contribution in [0.2, 0.25) is 0 Å². The summed E-state index contributed by atoms with van der Waals surface area (Å²) in [6.45, 7) is 7.32. The fraction of sp³-hybridized carbons (Fsp3) is 0.438. The maximum Gasteiger partial charge on any atom is 0.137 e. The minimum Gasteiger partial charge on any atom is -0.495 e. The predicted octanol–water partition coefficient (Wildman–Crippen LogP) is 3.49. The average Bonchev–Trinajstić information content (AvgIpc) is 2.52. The van der Waals surface area contributed by atoms with Crippen molar-refractivity contribution in [3.05, 3.63) is 30.4 Å². The van der Waals surface area contributed by atoms with Crippen molar-refractivity contribution in [2.45, 2.75) is 33.1 Å². The second kappa shape index (κ2) is 7.02. The molecule has 0 radical (unpaired) electrons. The highest BCUT2D eigenvalue weighted by atomic mass is 16.5. The topological polar surface area (TPSA) is 59.9 Å².